The molecule has 6 heteroatoms. The summed E-state index contributed by atoms with van der Waals surface area (Å²) in [6, 6.07) is 9.00. The Morgan fingerprint density at radius 2 is 1.79 bits per heavy atom. The predicted octanol–water partition coefficient (Wildman–Crippen LogP) is 1.66. The van der Waals surface area contributed by atoms with Crippen LogP contribution in [0.2, 0.25) is 0 Å². The third-order valence-electron chi connectivity index (χ3n) is 3.22. The number of halogens is 1. The molecule has 1 unspecified atom stereocenters. The summed E-state index contributed by atoms with van der Waals surface area (Å²) in [4.78, 5) is 12.0. The third-order valence-corrected chi connectivity index (χ3v) is 5.39. The molecule has 1 saturated heterocycles. The van der Waals surface area contributed by atoms with Crippen molar-refractivity contribution < 1.29 is 13.2 Å². The van der Waals surface area contributed by atoms with Gasteiger partial charge < -0.3 is 5.32 Å². The summed E-state index contributed by atoms with van der Waals surface area (Å²) < 4.78 is 22.6. The van der Waals surface area contributed by atoms with E-state index in [1.807, 2.05) is 18.2 Å². The van der Waals surface area contributed by atoms with Gasteiger partial charge in [0.15, 0.2) is 0 Å². The monoisotopic (exact) mass is 301 g/mol. The number of carbonyl (C=O) groups is 1. The lowest BCUT2D eigenvalue weighted by Crippen LogP contribution is -2.42. The average molecular weight is 302 g/mol. The van der Waals surface area contributed by atoms with Gasteiger partial charge in [0, 0.05) is 6.04 Å². The number of hydrogen-bond acceptors (Lipinski definition) is 3. The second-order valence-corrected chi connectivity index (χ2v) is 7.45. The van der Waals surface area contributed by atoms with Gasteiger partial charge in [0.05, 0.1) is 11.5 Å². The molecule has 1 aromatic carbocycles. The summed E-state index contributed by atoms with van der Waals surface area (Å²) in [6.45, 7) is 0. The molecule has 0 bridgehead atoms. The Bertz CT molecular complexity index is 530. The molecule has 1 N–H and O–H groups in total. The van der Waals surface area contributed by atoms with E-state index in [9.17, 15) is 13.2 Å². The molecule has 2 rings (SSSR count). The number of amides is 1. The molecule has 0 radical (unpaired) electrons. The van der Waals surface area contributed by atoms with Crippen molar-refractivity contribution in [2.45, 2.75) is 24.3 Å². The molecule has 1 atom stereocenters. The quantitative estimate of drug-likeness (QED) is 0.864. The van der Waals surface area contributed by atoms with Crippen molar-refractivity contribution in [2.24, 2.45) is 0 Å². The topological polar surface area (TPSA) is 63.2 Å². The van der Waals surface area contributed by atoms with Crippen molar-refractivity contribution in [3.63, 3.8) is 0 Å². The molecule has 1 aliphatic heterocycles. The summed E-state index contributed by atoms with van der Waals surface area (Å²) in [7, 11) is -2.91. The smallest absolute Gasteiger partial charge is 0.242 e. The molecular weight excluding hydrogens is 286 g/mol. The number of hydrogen-bond donors (Lipinski definition) is 1. The maximum Gasteiger partial charge on any atom is 0.242 e. The molecule has 104 valence electrons. The Morgan fingerprint density at radius 1 is 1.21 bits per heavy atom. The Morgan fingerprint density at radius 3 is 2.37 bits per heavy atom. The second-order valence-electron chi connectivity index (χ2n) is 4.71. The van der Waals surface area contributed by atoms with Gasteiger partial charge in [-0.25, -0.2) is 8.42 Å². The van der Waals surface area contributed by atoms with Crippen molar-refractivity contribution >= 4 is 27.3 Å². The van der Waals surface area contributed by atoms with Crippen LogP contribution in [0.5, 0.6) is 0 Å². The number of sulfone groups is 1. The molecule has 0 aliphatic carbocycles. The summed E-state index contributed by atoms with van der Waals surface area (Å²) in [5.74, 6) is 0.00380. The lowest BCUT2D eigenvalue weighted by atomic mass is 10.1. The number of carbonyl (C=O) groups excluding carboxylic acids is 1. The van der Waals surface area contributed by atoms with Gasteiger partial charge in [-0.15, -0.1) is 11.6 Å². The predicted molar refractivity (Wildman–Crippen MR) is 74.9 cm³/mol. The first kappa shape index (κ1) is 14.3. The molecule has 0 saturated carbocycles. The normalized spacial score (nSPS) is 20.7. The Kier molecular flexibility index (Phi) is 4.47. The fourth-order valence-electron chi connectivity index (χ4n) is 2.08. The van der Waals surface area contributed by atoms with Gasteiger partial charge in [0.25, 0.3) is 0 Å². The molecule has 19 heavy (non-hydrogen) atoms. The van der Waals surface area contributed by atoms with Crippen LogP contribution in [0.15, 0.2) is 30.3 Å². The molecule has 1 fully saturated rings. The summed E-state index contributed by atoms with van der Waals surface area (Å²) >= 11 is 6.10. The number of benzene rings is 1. The van der Waals surface area contributed by atoms with E-state index in [1.54, 1.807) is 12.1 Å². The fraction of sp³-hybridized carbons (Fsp3) is 0.462. The molecule has 1 aliphatic rings. The van der Waals surface area contributed by atoms with E-state index in [-0.39, 0.29) is 23.5 Å². The molecule has 1 amide bonds. The zero-order chi connectivity index (χ0) is 13.9. The largest absolute Gasteiger partial charge is 0.352 e. The van der Waals surface area contributed by atoms with Crippen LogP contribution in [0.25, 0.3) is 0 Å². The van der Waals surface area contributed by atoms with Crippen molar-refractivity contribution in [1.29, 1.82) is 0 Å². The fourth-order valence-corrected chi connectivity index (χ4v) is 3.78. The van der Waals surface area contributed by atoms with Crippen LogP contribution in [0, 0.1) is 0 Å². The highest BCUT2D eigenvalue weighted by atomic mass is 35.5. The van der Waals surface area contributed by atoms with E-state index in [0.717, 1.165) is 5.56 Å². The molecule has 0 spiro atoms. The third kappa shape index (κ3) is 3.94. The van der Waals surface area contributed by atoms with Crippen LogP contribution in [0.4, 0.5) is 0 Å². The zero-order valence-corrected chi connectivity index (χ0v) is 12.0. The van der Waals surface area contributed by atoms with Crippen LogP contribution in [-0.4, -0.2) is 31.9 Å². The standard InChI is InChI=1S/C13H16ClNO3S/c14-12(10-4-2-1-3-5-10)13(16)15-11-6-8-19(17,18)9-7-11/h1-5,11-12H,6-9H2,(H,15,16). The second kappa shape index (κ2) is 5.92. The Labute approximate surface area is 118 Å². The van der Waals surface area contributed by atoms with Gasteiger partial charge in [0.1, 0.15) is 15.2 Å². The van der Waals surface area contributed by atoms with E-state index in [1.165, 1.54) is 0 Å². The highest BCUT2D eigenvalue weighted by Crippen LogP contribution is 2.21. The van der Waals surface area contributed by atoms with Crippen molar-refractivity contribution in [2.75, 3.05) is 11.5 Å². The van der Waals surface area contributed by atoms with Gasteiger partial charge in [-0.05, 0) is 18.4 Å². The van der Waals surface area contributed by atoms with Crippen LogP contribution in [-0.2, 0) is 14.6 Å². The van der Waals surface area contributed by atoms with Crippen LogP contribution in [0.1, 0.15) is 23.8 Å². The Balaban J connectivity index is 1.92. The maximum absolute atomic E-state index is 12.0. The summed E-state index contributed by atoms with van der Waals surface area (Å²) in [5.41, 5.74) is 0.741. The van der Waals surface area contributed by atoms with Crippen molar-refractivity contribution in [1.82, 2.24) is 5.32 Å². The minimum absolute atomic E-state index is 0.0963. The number of nitrogens with one attached hydrogen (secondary N) is 1. The average Bonchev–Trinajstić information content (AvgIpc) is 2.41. The van der Waals surface area contributed by atoms with E-state index >= 15 is 0 Å². The van der Waals surface area contributed by atoms with Gasteiger partial charge in [0.2, 0.25) is 5.91 Å². The zero-order valence-electron chi connectivity index (χ0n) is 10.4. The minimum atomic E-state index is -2.91. The SMILES string of the molecule is O=C(NC1CCS(=O)(=O)CC1)C(Cl)c1ccccc1. The minimum Gasteiger partial charge on any atom is -0.352 e. The molecule has 0 aromatic heterocycles. The lowest BCUT2D eigenvalue weighted by Gasteiger charge is -2.24. The van der Waals surface area contributed by atoms with Crippen LogP contribution >= 0.6 is 11.6 Å². The first-order valence-corrected chi connectivity index (χ1v) is 8.43. The first-order chi connectivity index (χ1) is 8.98. The lowest BCUT2D eigenvalue weighted by molar-refractivity contribution is -0.121. The highest BCUT2D eigenvalue weighted by Gasteiger charge is 2.26. The van der Waals surface area contributed by atoms with E-state index in [2.05, 4.69) is 5.32 Å². The summed E-state index contributed by atoms with van der Waals surface area (Å²) in [6.07, 6.45) is 0.930. The van der Waals surface area contributed by atoms with Crippen LogP contribution in [0.3, 0.4) is 0 Å². The van der Waals surface area contributed by atoms with Crippen LogP contribution < -0.4 is 5.32 Å². The van der Waals surface area contributed by atoms with Crippen molar-refractivity contribution in [3.05, 3.63) is 35.9 Å². The highest BCUT2D eigenvalue weighted by molar-refractivity contribution is 7.91. The van der Waals surface area contributed by atoms with E-state index in [0.29, 0.717) is 12.8 Å². The molecule has 1 heterocycles. The number of rotatable bonds is 3. The Hall–Kier alpha value is -1.07. The first-order valence-electron chi connectivity index (χ1n) is 6.18. The van der Waals surface area contributed by atoms with Gasteiger partial charge >= 0.3 is 0 Å². The van der Waals surface area contributed by atoms with E-state index in [4.69, 9.17) is 11.6 Å². The molecule has 4 nitrogen and oxygen atoms in total. The molecule has 1 aromatic rings. The van der Waals surface area contributed by atoms with Gasteiger partial charge in [-0.1, -0.05) is 30.3 Å². The van der Waals surface area contributed by atoms with Gasteiger partial charge in [-0.2, -0.15) is 0 Å². The van der Waals surface area contributed by atoms with Crippen molar-refractivity contribution in [3.8, 4) is 0 Å². The maximum atomic E-state index is 12.0. The molecular formula is C13H16ClNO3S. The number of alkyl halides is 1. The van der Waals surface area contributed by atoms with Gasteiger partial charge in [-0.3, -0.25) is 4.79 Å². The summed E-state index contributed by atoms with van der Waals surface area (Å²) in [5, 5.41) is 2.08. The van der Waals surface area contributed by atoms with E-state index < -0.39 is 15.2 Å².